The Hall–Kier alpha value is -0.610. The fraction of sp³-hybridized carbons (Fsp3) is 0.929. The predicted octanol–water partition coefficient (Wildman–Crippen LogP) is 1.55. The first-order valence-corrected chi connectivity index (χ1v) is 6.83. The number of ether oxygens (including phenoxy) is 1. The van der Waals surface area contributed by atoms with Crippen molar-refractivity contribution >= 4 is 5.91 Å². The largest absolute Gasteiger partial charge is 0.384 e. The predicted molar refractivity (Wildman–Crippen MR) is 73.5 cm³/mol. The van der Waals surface area contributed by atoms with Crippen molar-refractivity contribution in [2.45, 2.75) is 40.0 Å². The molecule has 2 N–H and O–H groups in total. The van der Waals surface area contributed by atoms with Gasteiger partial charge in [0.2, 0.25) is 5.91 Å². The van der Waals surface area contributed by atoms with Crippen molar-refractivity contribution in [2.24, 2.45) is 10.8 Å². The molecule has 4 heteroatoms. The normalized spacial score (nSPS) is 19.6. The maximum absolute atomic E-state index is 11.9. The highest BCUT2D eigenvalue weighted by Crippen LogP contribution is 2.28. The summed E-state index contributed by atoms with van der Waals surface area (Å²) >= 11 is 0. The number of piperidine rings is 1. The molecule has 18 heavy (non-hydrogen) atoms. The van der Waals surface area contributed by atoms with E-state index in [1.54, 1.807) is 7.11 Å². The number of rotatable bonds is 5. The summed E-state index contributed by atoms with van der Waals surface area (Å²) in [5.74, 6) is 0.150. The summed E-state index contributed by atoms with van der Waals surface area (Å²) in [6.07, 6.45) is 2.71. The Morgan fingerprint density at radius 1 is 1.33 bits per heavy atom. The molecule has 0 saturated carbocycles. The zero-order valence-electron chi connectivity index (χ0n) is 12.3. The van der Waals surface area contributed by atoms with Gasteiger partial charge in [0, 0.05) is 25.5 Å². The van der Waals surface area contributed by atoms with Crippen LogP contribution in [0.5, 0.6) is 0 Å². The highest BCUT2D eigenvalue weighted by atomic mass is 16.5. The van der Waals surface area contributed by atoms with Gasteiger partial charge in [-0.25, -0.2) is 0 Å². The molecule has 0 aromatic carbocycles. The van der Waals surface area contributed by atoms with E-state index in [1.807, 2.05) is 0 Å². The van der Waals surface area contributed by atoms with Gasteiger partial charge in [0.05, 0.1) is 6.61 Å². The Kier molecular flexibility index (Phi) is 5.60. The van der Waals surface area contributed by atoms with Crippen molar-refractivity contribution < 1.29 is 9.53 Å². The molecule has 1 saturated heterocycles. The van der Waals surface area contributed by atoms with Crippen LogP contribution in [-0.2, 0) is 9.53 Å². The molecule has 1 rings (SSSR count). The van der Waals surface area contributed by atoms with Gasteiger partial charge in [-0.2, -0.15) is 0 Å². The van der Waals surface area contributed by atoms with Gasteiger partial charge in [-0.15, -0.1) is 0 Å². The number of hydrogen-bond donors (Lipinski definition) is 2. The Morgan fingerprint density at radius 3 is 2.44 bits per heavy atom. The van der Waals surface area contributed by atoms with E-state index in [0.717, 1.165) is 39.1 Å². The Balaban J connectivity index is 2.44. The molecule has 1 aliphatic rings. The minimum Gasteiger partial charge on any atom is -0.384 e. The van der Waals surface area contributed by atoms with Gasteiger partial charge in [-0.3, -0.25) is 4.79 Å². The van der Waals surface area contributed by atoms with E-state index >= 15 is 0 Å². The number of nitrogens with one attached hydrogen (secondary N) is 2. The van der Waals surface area contributed by atoms with Gasteiger partial charge in [-0.1, -0.05) is 20.8 Å². The van der Waals surface area contributed by atoms with Gasteiger partial charge in [-0.05, 0) is 31.3 Å². The molecule has 0 unspecified atom stereocenters. The fourth-order valence-electron chi connectivity index (χ4n) is 2.47. The summed E-state index contributed by atoms with van der Waals surface area (Å²) in [5, 5.41) is 6.44. The zero-order valence-corrected chi connectivity index (χ0v) is 12.3. The van der Waals surface area contributed by atoms with E-state index in [2.05, 4.69) is 31.4 Å². The standard InChI is InChI=1S/C14H28N2O2/c1-13(2,3)9-12(17)16-10-14(11-18-4)5-7-15-8-6-14/h15H,5-11H2,1-4H3,(H,16,17). The van der Waals surface area contributed by atoms with E-state index in [9.17, 15) is 4.79 Å². The lowest BCUT2D eigenvalue weighted by molar-refractivity contribution is -0.123. The molecular weight excluding hydrogens is 228 g/mol. The van der Waals surface area contributed by atoms with Crippen LogP contribution in [0.2, 0.25) is 0 Å². The molecule has 1 fully saturated rings. The molecule has 0 radical (unpaired) electrons. The molecular formula is C14H28N2O2. The average molecular weight is 256 g/mol. The van der Waals surface area contributed by atoms with Crippen molar-refractivity contribution in [3.63, 3.8) is 0 Å². The zero-order chi connectivity index (χ0) is 13.6. The first-order chi connectivity index (χ1) is 8.37. The van der Waals surface area contributed by atoms with Crippen LogP contribution in [0.3, 0.4) is 0 Å². The lowest BCUT2D eigenvalue weighted by Crippen LogP contribution is -2.47. The van der Waals surface area contributed by atoms with E-state index in [-0.39, 0.29) is 16.7 Å². The quantitative estimate of drug-likeness (QED) is 0.785. The van der Waals surface area contributed by atoms with E-state index < -0.39 is 0 Å². The van der Waals surface area contributed by atoms with Crippen LogP contribution >= 0.6 is 0 Å². The molecule has 1 aliphatic heterocycles. The van der Waals surface area contributed by atoms with Crippen molar-refractivity contribution in [1.29, 1.82) is 0 Å². The van der Waals surface area contributed by atoms with Crippen LogP contribution in [-0.4, -0.2) is 39.3 Å². The average Bonchev–Trinajstić information content (AvgIpc) is 2.26. The first-order valence-electron chi connectivity index (χ1n) is 6.83. The van der Waals surface area contributed by atoms with Crippen LogP contribution in [0, 0.1) is 10.8 Å². The minimum atomic E-state index is 0.0482. The lowest BCUT2D eigenvalue weighted by Gasteiger charge is -2.37. The minimum absolute atomic E-state index is 0.0482. The van der Waals surface area contributed by atoms with Crippen LogP contribution in [0.4, 0.5) is 0 Å². The van der Waals surface area contributed by atoms with Crippen molar-refractivity contribution in [2.75, 3.05) is 33.4 Å². The summed E-state index contributed by atoms with van der Waals surface area (Å²) < 4.78 is 5.34. The van der Waals surface area contributed by atoms with E-state index in [1.165, 1.54) is 0 Å². The summed E-state index contributed by atoms with van der Waals surface area (Å²) in [7, 11) is 1.74. The molecule has 0 aromatic rings. The van der Waals surface area contributed by atoms with Crippen molar-refractivity contribution in [1.82, 2.24) is 10.6 Å². The van der Waals surface area contributed by atoms with Gasteiger partial charge in [0.25, 0.3) is 0 Å². The monoisotopic (exact) mass is 256 g/mol. The third kappa shape index (κ3) is 5.36. The molecule has 0 aliphatic carbocycles. The number of carbonyl (C=O) groups is 1. The Bertz CT molecular complexity index is 260. The van der Waals surface area contributed by atoms with E-state index in [0.29, 0.717) is 6.42 Å². The molecule has 106 valence electrons. The van der Waals surface area contributed by atoms with Gasteiger partial charge in [0.1, 0.15) is 0 Å². The topological polar surface area (TPSA) is 50.4 Å². The molecule has 0 atom stereocenters. The summed E-state index contributed by atoms with van der Waals surface area (Å²) in [6, 6.07) is 0. The van der Waals surface area contributed by atoms with Crippen LogP contribution in [0.1, 0.15) is 40.0 Å². The summed E-state index contributed by atoms with van der Waals surface area (Å²) in [6.45, 7) is 9.74. The Morgan fingerprint density at radius 2 is 1.94 bits per heavy atom. The second kappa shape index (κ2) is 6.53. The van der Waals surface area contributed by atoms with Crippen molar-refractivity contribution in [3.05, 3.63) is 0 Å². The molecule has 0 spiro atoms. The van der Waals surface area contributed by atoms with Crippen LogP contribution in [0.15, 0.2) is 0 Å². The summed E-state index contributed by atoms with van der Waals surface area (Å²) in [4.78, 5) is 11.9. The smallest absolute Gasteiger partial charge is 0.220 e. The van der Waals surface area contributed by atoms with Gasteiger partial charge in [0.15, 0.2) is 0 Å². The molecule has 0 bridgehead atoms. The lowest BCUT2D eigenvalue weighted by atomic mass is 9.79. The van der Waals surface area contributed by atoms with Crippen molar-refractivity contribution in [3.8, 4) is 0 Å². The highest BCUT2D eigenvalue weighted by Gasteiger charge is 2.32. The number of carbonyl (C=O) groups excluding carboxylic acids is 1. The number of hydrogen-bond acceptors (Lipinski definition) is 3. The number of methoxy groups -OCH3 is 1. The highest BCUT2D eigenvalue weighted by molar-refractivity contribution is 5.76. The van der Waals surface area contributed by atoms with Crippen LogP contribution < -0.4 is 10.6 Å². The molecule has 1 amide bonds. The first kappa shape index (κ1) is 15.4. The van der Waals surface area contributed by atoms with Crippen LogP contribution in [0.25, 0.3) is 0 Å². The molecule has 0 aromatic heterocycles. The van der Waals surface area contributed by atoms with Gasteiger partial charge < -0.3 is 15.4 Å². The number of amides is 1. The maximum Gasteiger partial charge on any atom is 0.220 e. The Labute approximate surface area is 111 Å². The second-order valence-corrected chi connectivity index (χ2v) is 6.70. The third-order valence-electron chi connectivity index (χ3n) is 3.47. The SMILES string of the molecule is COCC1(CNC(=O)CC(C)(C)C)CCNCC1. The van der Waals surface area contributed by atoms with Gasteiger partial charge >= 0.3 is 0 Å². The molecule has 1 heterocycles. The fourth-order valence-corrected chi connectivity index (χ4v) is 2.47. The second-order valence-electron chi connectivity index (χ2n) is 6.70. The maximum atomic E-state index is 11.9. The van der Waals surface area contributed by atoms with E-state index in [4.69, 9.17) is 4.74 Å². The summed E-state index contributed by atoms with van der Waals surface area (Å²) in [5.41, 5.74) is 0.167. The molecule has 4 nitrogen and oxygen atoms in total. The third-order valence-corrected chi connectivity index (χ3v) is 3.47.